The maximum Gasteiger partial charge on any atom is 0.221 e. The van der Waals surface area contributed by atoms with Gasteiger partial charge in [-0.15, -0.1) is 0 Å². The number of carbonyl (C=O) groups excluding carboxylic acids is 1. The fourth-order valence-electron chi connectivity index (χ4n) is 3.48. The van der Waals surface area contributed by atoms with Gasteiger partial charge in [-0.05, 0) is 42.8 Å². The van der Waals surface area contributed by atoms with Crippen LogP contribution >= 0.6 is 0 Å². The van der Waals surface area contributed by atoms with Crippen LogP contribution in [0.15, 0.2) is 36.5 Å². The van der Waals surface area contributed by atoms with Gasteiger partial charge in [0.2, 0.25) is 5.91 Å². The third-order valence-corrected chi connectivity index (χ3v) is 4.63. The molecule has 3 aromatic rings. The Labute approximate surface area is 144 Å². The van der Waals surface area contributed by atoms with Gasteiger partial charge in [0, 0.05) is 24.1 Å². The minimum atomic E-state index is -0.355. The van der Waals surface area contributed by atoms with Crippen LogP contribution in [0, 0.1) is 12.7 Å². The Hall–Kier alpha value is -2.89. The van der Waals surface area contributed by atoms with Crippen LogP contribution in [0.5, 0.6) is 5.75 Å². The number of amides is 1. The van der Waals surface area contributed by atoms with Crippen LogP contribution in [-0.2, 0) is 11.3 Å². The van der Waals surface area contributed by atoms with Crippen LogP contribution in [-0.4, -0.2) is 22.4 Å². The lowest BCUT2D eigenvalue weighted by atomic mass is 9.90. The van der Waals surface area contributed by atoms with Crippen molar-refractivity contribution >= 4 is 11.6 Å². The minimum absolute atomic E-state index is 0.0878. The highest BCUT2D eigenvalue weighted by molar-refractivity contribution is 5.78. The van der Waals surface area contributed by atoms with Crippen LogP contribution < -0.4 is 10.1 Å². The summed E-state index contributed by atoms with van der Waals surface area (Å²) < 4.78 is 21.3. The van der Waals surface area contributed by atoms with Crippen molar-refractivity contribution in [3.05, 3.63) is 64.9 Å². The van der Waals surface area contributed by atoms with Crippen molar-refractivity contribution in [2.24, 2.45) is 0 Å². The van der Waals surface area contributed by atoms with Crippen LogP contribution in [0.1, 0.15) is 34.9 Å². The third-order valence-electron chi connectivity index (χ3n) is 4.63. The number of hydrogen-bond donors (Lipinski definition) is 1. The number of carbonyl (C=O) groups is 1. The van der Waals surface area contributed by atoms with E-state index in [1.54, 1.807) is 13.2 Å². The number of aryl methyl sites for hydroxylation is 1. The maximum absolute atomic E-state index is 13.9. The molecule has 5 nitrogen and oxygen atoms in total. The number of nitrogens with one attached hydrogen (secondary N) is 1. The topological polar surface area (TPSA) is 55.6 Å². The summed E-state index contributed by atoms with van der Waals surface area (Å²) in [7, 11) is 1.55. The van der Waals surface area contributed by atoms with E-state index in [-0.39, 0.29) is 24.1 Å². The van der Waals surface area contributed by atoms with E-state index in [1.165, 1.54) is 12.1 Å². The van der Waals surface area contributed by atoms with E-state index in [9.17, 15) is 9.18 Å². The van der Waals surface area contributed by atoms with Gasteiger partial charge in [-0.3, -0.25) is 4.79 Å². The summed E-state index contributed by atoms with van der Waals surface area (Å²) in [4.78, 5) is 16.9. The van der Waals surface area contributed by atoms with E-state index in [0.29, 0.717) is 17.9 Å². The second-order valence-electron chi connectivity index (χ2n) is 6.30. The number of hydrogen-bond acceptors (Lipinski definition) is 3. The number of fused-ring (bicyclic) bond motifs is 3. The van der Waals surface area contributed by atoms with Crippen molar-refractivity contribution in [2.75, 3.05) is 7.11 Å². The second kappa shape index (κ2) is 5.88. The van der Waals surface area contributed by atoms with E-state index < -0.39 is 0 Å². The predicted octanol–water partition coefficient (Wildman–Crippen LogP) is 2.94. The molecule has 2 aromatic heterocycles. The summed E-state index contributed by atoms with van der Waals surface area (Å²) in [6, 6.07) is 8.39. The Morgan fingerprint density at radius 3 is 2.96 bits per heavy atom. The smallest absolute Gasteiger partial charge is 0.221 e. The molecule has 1 atom stereocenters. The van der Waals surface area contributed by atoms with Gasteiger partial charge in [0.25, 0.3) is 0 Å². The molecular weight excluding hydrogens is 321 g/mol. The molecule has 0 saturated carbocycles. The van der Waals surface area contributed by atoms with Crippen molar-refractivity contribution in [2.45, 2.75) is 25.8 Å². The van der Waals surface area contributed by atoms with Crippen molar-refractivity contribution in [1.82, 2.24) is 14.7 Å². The largest absolute Gasteiger partial charge is 0.496 e. The number of benzene rings is 1. The standard InChI is InChI=1S/C19H18FN3O2/c1-11-5-6-23-17(7-11)22-15-10-21-18(24)9-14(19(15)23)13-8-12(20)3-4-16(13)25-2/h3-8,14H,9-10H2,1-2H3,(H,21,24). The monoisotopic (exact) mass is 339 g/mol. The predicted molar refractivity (Wildman–Crippen MR) is 91.2 cm³/mol. The molecule has 4 rings (SSSR count). The lowest BCUT2D eigenvalue weighted by molar-refractivity contribution is -0.121. The molecule has 128 valence electrons. The Bertz CT molecular complexity index is 980. The fraction of sp³-hybridized carbons (Fsp3) is 0.263. The van der Waals surface area contributed by atoms with Gasteiger partial charge in [-0.2, -0.15) is 0 Å². The molecule has 0 radical (unpaired) electrons. The Kier molecular flexibility index (Phi) is 3.67. The lowest BCUT2D eigenvalue weighted by Gasteiger charge is -2.19. The van der Waals surface area contributed by atoms with Crippen LogP contribution in [0.25, 0.3) is 5.65 Å². The summed E-state index contributed by atoms with van der Waals surface area (Å²) in [5.41, 5.74) is 4.28. The molecule has 0 fully saturated rings. The van der Waals surface area contributed by atoms with E-state index in [1.807, 2.05) is 29.7 Å². The zero-order chi connectivity index (χ0) is 17.6. The lowest BCUT2D eigenvalue weighted by Crippen LogP contribution is -2.21. The number of pyridine rings is 1. The molecule has 1 unspecified atom stereocenters. The molecule has 1 aromatic carbocycles. The molecule has 1 N–H and O–H groups in total. The summed E-state index contributed by atoms with van der Waals surface area (Å²) in [5.74, 6) is -0.211. The van der Waals surface area contributed by atoms with Gasteiger partial charge in [-0.25, -0.2) is 9.37 Å². The summed E-state index contributed by atoms with van der Waals surface area (Å²) in [5, 5.41) is 2.88. The number of nitrogens with zero attached hydrogens (tertiary/aromatic N) is 2. The van der Waals surface area contributed by atoms with E-state index in [0.717, 1.165) is 22.6 Å². The summed E-state index contributed by atoms with van der Waals surface area (Å²) in [6.45, 7) is 2.37. The van der Waals surface area contributed by atoms with E-state index >= 15 is 0 Å². The highest BCUT2D eigenvalue weighted by atomic mass is 19.1. The third kappa shape index (κ3) is 2.63. The molecule has 3 heterocycles. The molecule has 1 aliphatic heterocycles. The first-order chi connectivity index (χ1) is 12.1. The average molecular weight is 339 g/mol. The van der Waals surface area contributed by atoms with Gasteiger partial charge in [0.05, 0.1) is 25.0 Å². The zero-order valence-corrected chi connectivity index (χ0v) is 14.0. The number of halogens is 1. The fourth-order valence-corrected chi connectivity index (χ4v) is 3.48. The highest BCUT2D eigenvalue weighted by Crippen LogP contribution is 2.38. The molecule has 0 aliphatic carbocycles. The van der Waals surface area contributed by atoms with Crippen molar-refractivity contribution < 1.29 is 13.9 Å². The first kappa shape index (κ1) is 15.6. The second-order valence-corrected chi connectivity index (χ2v) is 6.30. The molecular formula is C19H18FN3O2. The van der Waals surface area contributed by atoms with Gasteiger partial charge in [0.15, 0.2) is 0 Å². The molecule has 25 heavy (non-hydrogen) atoms. The normalized spacial score (nSPS) is 17.1. The minimum Gasteiger partial charge on any atom is -0.496 e. The quantitative estimate of drug-likeness (QED) is 0.781. The molecule has 1 amide bonds. The zero-order valence-electron chi connectivity index (χ0n) is 14.0. The van der Waals surface area contributed by atoms with E-state index in [4.69, 9.17) is 4.74 Å². The molecule has 1 aliphatic rings. The Morgan fingerprint density at radius 1 is 1.32 bits per heavy atom. The van der Waals surface area contributed by atoms with Crippen molar-refractivity contribution in [3.63, 3.8) is 0 Å². The SMILES string of the molecule is COc1ccc(F)cc1C1CC(=O)NCc2nc3cc(C)ccn3c21. The number of imidazole rings is 1. The Balaban J connectivity index is 1.98. The first-order valence-corrected chi connectivity index (χ1v) is 8.14. The average Bonchev–Trinajstić information content (AvgIpc) is 2.86. The number of rotatable bonds is 2. The van der Waals surface area contributed by atoms with Crippen molar-refractivity contribution in [1.29, 1.82) is 0 Å². The van der Waals surface area contributed by atoms with Crippen molar-refractivity contribution in [3.8, 4) is 5.75 Å². The van der Waals surface area contributed by atoms with Crippen LogP contribution in [0.2, 0.25) is 0 Å². The number of ether oxygens (including phenoxy) is 1. The van der Waals surface area contributed by atoms with Gasteiger partial charge in [-0.1, -0.05) is 0 Å². The highest BCUT2D eigenvalue weighted by Gasteiger charge is 2.30. The molecule has 6 heteroatoms. The molecule has 0 saturated heterocycles. The Morgan fingerprint density at radius 2 is 2.16 bits per heavy atom. The van der Waals surface area contributed by atoms with Crippen LogP contribution in [0.3, 0.4) is 0 Å². The first-order valence-electron chi connectivity index (χ1n) is 8.14. The number of aromatic nitrogens is 2. The van der Waals surface area contributed by atoms with Crippen LogP contribution in [0.4, 0.5) is 4.39 Å². The maximum atomic E-state index is 13.9. The van der Waals surface area contributed by atoms with Gasteiger partial charge < -0.3 is 14.5 Å². The van der Waals surface area contributed by atoms with Gasteiger partial charge >= 0.3 is 0 Å². The summed E-state index contributed by atoms with van der Waals surface area (Å²) >= 11 is 0. The molecule has 0 spiro atoms. The number of methoxy groups -OCH3 is 1. The summed E-state index contributed by atoms with van der Waals surface area (Å²) in [6.07, 6.45) is 2.17. The van der Waals surface area contributed by atoms with Gasteiger partial charge in [0.1, 0.15) is 17.2 Å². The van der Waals surface area contributed by atoms with E-state index in [2.05, 4.69) is 10.3 Å². The molecule has 0 bridgehead atoms.